The number of nitrogens with one attached hydrogen (secondary N) is 1. The number of carboxylic acid groups (broad SMARTS) is 1. The molecule has 0 bridgehead atoms. The number of aliphatic carboxylic acids is 1. The van der Waals surface area contributed by atoms with Gasteiger partial charge in [-0.25, -0.2) is 0 Å². The van der Waals surface area contributed by atoms with Crippen LogP contribution in [0.5, 0.6) is 0 Å². The lowest BCUT2D eigenvalue weighted by Crippen LogP contribution is -2.50. The van der Waals surface area contributed by atoms with Gasteiger partial charge in [0.2, 0.25) is 0 Å². The van der Waals surface area contributed by atoms with Crippen LogP contribution >= 0.6 is 0 Å². The minimum Gasteiger partial charge on any atom is -0.480 e. The van der Waals surface area contributed by atoms with Gasteiger partial charge in [-0.05, 0) is 32.2 Å². The summed E-state index contributed by atoms with van der Waals surface area (Å²) in [5, 5.41) is 12.6. The van der Waals surface area contributed by atoms with Gasteiger partial charge in [0, 0.05) is 26.7 Å². The summed E-state index contributed by atoms with van der Waals surface area (Å²) in [5.41, 5.74) is -0.806. The summed E-state index contributed by atoms with van der Waals surface area (Å²) in [5.74, 6) is -0.766. The van der Waals surface area contributed by atoms with Crippen molar-refractivity contribution in [2.45, 2.75) is 50.7 Å². The molecule has 0 spiro atoms. The molecule has 6 nitrogen and oxygen atoms in total. The van der Waals surface area contributed by atoms with Crippen LogP contribution in [0.3, 0.4) is 0 Å². The predicted octanol–water partition coefficient (Wildman–Crippen LogP) is 1.43. The van der Waals surface area contributed by atoms with E-state index in [4.69, 9.17) is 14.2 Å². The van der Waals surface area contributed by atoms with Gasteiger partial charge in [0.15, 0.2) is 0 Å². The van der Waals surface area contributed by atoms with Crippen molar-refractivity contribution in [3.8, 4) is 0 Å². The highest BCUT2D eigenvalue weighted by Crippen LogP contribution is 2.32. The highest BCUT2D eigenvalue weighted by Gasteiger charge is 2.45. The Kier molecular flexibility index (Phi) is 8.84. The fraction of sp³-hybridized carbons (Fsp3) is 0.933. The van der Waals surface area contributed by atoms with Crippen molar-refractivity contribution in [3.63, 3.8) is 0 Å². The molecular formula is C15H29NO5. The van der Waals surface area contributed by atoms with Gasteiger partial charge in [-0.2, -0.15) is 0 Å². The zero-order chi connectivity index (χ0) is 15.6. The number of hydrogen-bond acceptors (Lipinski definition) is 5. The molecule has 6 heteroatoms. The normalized spacial score (nSPS) is 25.3. The van der Waals surface area contributed by atoms with Crippen LogP contribution in [0.15, 0.2) is 0 Å². The molecule has 2 unspecified atom stereocenters. The molecule has 0 amide bonds. The third-order valence-corrected chi connectivity index (χ3v) is 3.81. The van der Waals surface area contributed by atoms with Crippen molar-refractivity contribution in [1.29, 1.82) is 0 Å². The van der Waals surface area contributed by atoms with Crippen molar-refractivity contribution in [2.75, 3.05) is 40.1 Å². The Bertz CT molecular complexity index is 300. The molecule has 1 aliphatic rings. The SMILES string of the molecule is CCCNC1(C(=O)O)CCC(OCCOCCCOC)C1. The maximum absolute atomic E-state index is 11.5. The predicted molar refractivity (Wildman–Crippen MR) is 79.6 cm³/mol. The largest absolute Gasteiger partial charge is 0.480 e. The molecule has 0 radical (unpaired) electrons. The zero-order valence-electron chi connectivity index (χ0n) is 13.2. The van der Waals surface area contributed by atoms with Crippen LogP contribution in [-0.4, -0.2) is 62.8 Å². The van der Waals surface area contributed by atoms with E-state index in [1.807, 2.05) is 6.92 Å². The molecule has 21 heavy (non-hydrogen) atoms. The smallest absolute Gasteiger partial charge is 0.323 e. The van der Waals surface area contributed by atoms with E-state index >= 15 is 0 Å². The third-order valence-electron chi connectivity index (χ3n) is 3.81. The molecule has 1 saturated carbocycles. The number of hydrogen-bond donors (Lipinski definition) is 2. The van der Waals surface area contributed by atoms with Gasteiger partial charge in [-0.3, -0.25) is 4.79 Å². The van der Waals surface area contributed by atoms with Crippen LogP contribution in [0.4, 0.5) is 0 Å². The second-order valence-electron chi connectivity index (χ2n) is 5.51. The first-order chi connectivity index (χ1) is 10.1. The number of carbonyl (C=O) groups is 1. The molecule has 1 rings (SSSR count). The van der Waals surface area contributed by atoms with Crippen LogP contribution in [0.25, 0.3) is 0 Å². The molecule has 1 fully saturated rings. The van der Waals surface area contributed by atoms with E-state index in [0.717, 1.165) is 25.8 Å². The quantitative estimate of drug-likeness (QED) is 0.531. The van der Waals surface area contributed by atoms with Gasteiger partial charge in [0.1, 0.15) is 5.54 Å². The lowest BCUT2D eigenvalue weighted by molar-refractivity contribution is -0.145. The van der Waals surface area contributed by atoms with Crippen molar-refractivity contribution in [1.82, 2.24) is 5.32 Å². The third kappa shape index (κ3) is 6.30. The summed E-state index contributed by atoms with van der Waals surface area (Å²) in [6, 6.07) is 0. The Morgan fingerprint density at radius 1 is 1.33 bits per heavy atom. The number of carboxylic acids is 1. The van der Waals surface area contributed by atoms with E-state index in [0.29, 0.717) is 39.3 Å². The van der Waals surface area contributed by atoms with Crippen molar-refractivity contribution in [2.24, 2.45) is 0 Å². The van der Waals surface area contributed by atoms with Crippen LogP contribution in [0.2, 0.25) is 0 Å². The first-order valence-corrected chi connectivity index (χ1v) is 7.81. The first kappa shape index (κ1) is 18.4. The molecule has 2 atom stereocenters. The summed E-state index contributed by atoms with van der Waals surface area (Å²) in [7, 11) is 1.67. The van der Waals surface area contributed by atoms with Gasteiger partial charge in [0.05, 0.1) is 19.3 Å². The minimum atomic E-state index is -0.806. The van der Waals surface area contributed by atoms with E-state index < -0.39 is 11.5 Å². The highest BCUT2D eigenvalue weighted by atomic mass is 16.5. The molecule has 0 aromatic rings. The van der Waals surface area contributed by atoms with Crippen LogP contribution in [0.1, 0.15) is 39.0 Å². The van der Waals surface area contributed by atoms with Gasteiger partial charge in [0.25, 0.3) is 0 Å². The fourth-order valence-electron chi connectivity index (χ4n) is 2.62. The maximum atomic E-state index is 11.5. The summed E-state index contributed by atoms with van der Waals surface area (Å²) in [6.45, 7) is 5.19. The topological polar surface area (TPSA) is 77.0 Å². The van der Waals surface area contributed by atoms with Crippen LogP contribution in [-0.2, 0) is 19.0 Å². The van der Waals surface area contributed by atoms with Gasteiger partial charge in [-0.1, -0.05) is 6.92 Å². The van der Waals surface area contributed by atoms with Crippen LogP contribution in [0, 0.1) is 0 Å². The summed E-state index contributed by atoms with van der Waals surface area (Å²) >= 11 is 0. The Labute approximate surface area is 127 Å². The Balaban J connectivity index is 2.19. The molecule has 0 aromatic carbocycles. The molecule has 2 N–H and O–H groups in total. The van der Waals surface area contributed by atoms with Crippen molar-refractivity contribution >= 4 is 5.97 Å². The van der Waals surface area contributed by atoms with Gasteiger partial charge in [-0.15, -0.1) is 0 Å². The van der Waals surface area contributed by atoms with Crippen molar-refractivity contribution in [3.05, 3.63) is 0 Å². The lowest BCUT2D eigenvalue weighted by Gasteiger charge is -2.25. The second kappa shape index (κ2) is 10.1. The van der Waals surface area contributed by atoms with Gasteiger partial charge < -0.3 is 24.6 Å². The van der Waals surface area contributed by atoms with E-state index in [1.165, 1.54) is 0 Å². The van der Waals surface area contributed by atoms with Crippen LogP contribution < -0.4 is 5.32 Å². The minimum absolute atomic E-state index is 0.00744. The average molecular weight is 303 g/mol. The lowest BCUT2D eigenvalue weighted by atomic mass is 9.97. The van der Waals surface area contributed by atoms with E-state index in [2.05, 4.69) is 5.32 Å². The Hall–Kier alpha value is -0.690. The summed E-state index contributed by atoms with van der Waals surface area (Å²) < 4.78 is 16.1. The standard InChI is InChI=1S/C15H29NO5/c1-3-7-16-15(14(17)18)6-5-13(12-15)21-11-10-20-9-4-8-19-2/h13,16H,3-12H2,1-2H3,(H,17,18). The van der Waals surface area contributed by atoms with E-state index in [1.54, 1.807) is 7.11 Å². The monoisotopic (exact) mass is 303 g/mol. The Morgan fingerprint density at radius 2 is 2.14 bits per heavy atom. The fourth-order valence-corrected chi connectivity index (χ4v) is 2.62. The van der Waals surface area contributed by atoms with E-state index in [-0.39, 0.29) is 6.10 Å². The van der Waals surface area contributed by atoms with Gasteiger partial charge >= 0.3 is 5.97 Å². The number of rotatable bonds is 12. The van der Waals surface area contributed by atoms with E-state index in [9.17, 15) is 9.90 Å². The molecule has 0 aromatic heterocycles. The molecule has 1 aliphatic carbocycles. The maximum Gasteiger partial charge on any atom is 0.323 e. The summed E-state index contributed by atoms with van der Waals surface area (Å²) in [6.07, 6.45) is 3.76. The average Bonchev–Trinajstić information content (AvgIpc) is 2.89. The highest BCUT2D eigenvalue weighted by molar-refractivity contribution is 5.79. The number of ether oxygens (including phenoxy) is 3. The molecule has 0 heterocycles. The number of methoxy groups -OCH3 is 1. The second-order valence-corrected chi connectivity index (χ2v) is 5.51. The Morgan fingerprint density at radius 3 is 2.81 bits per heavy atom. The molecule has 0 aliphatic heterocycles. The summed E-state index contributed by atoms with van der Waals surface area (Å²) in [4.78, 5) is 11.5. The first-order valence-electron chi connectivity index (χ1n) is 7.81. The molecule has 0 saturated heterocycles. The molecule has 124 valence electrons. The zero-order valence-corrected chi connectivity index (χ0v) is 13.2. The van der Waals surface area contributed by atoms with Crippen molar-refractivity contribution < 1.29 is 24.1 Å². The molecular weight excluding hydrogens is 274 g/mol.